The van der Waals surface area contributed by atoms with Crippen LogP contribution in [0.4, 0.5) is 17.1 Å². The molecule has 2 heteroatoms. The Morgan fingerprint density at radius 2 is 0.877 bits per heavy atom. The monoisotopic (exact) mass is 843 g/mol. The van der Waals surface area contributed by atoms with Gasteiger partial charge >= 0.3 is 0 Å². The summed E-state index contributed by atoms with van der Waals surface area (Å²) in [7, 11) is 0. The predicted octanol–water partition coefficient (Wildman–Crippen LogP) is 17.5. The molecule has 0 saturated heterocycles. The molecule has 0 saturated carbocycles. The Morgan fingerprint density at radius 1 is 0.323 bits per heavy atom. The molecule has 1 aliphatic carbocycles. The summed E-state index contributed by atoms with van der Waals surface area (Å²) in [6.45, 7) is 0. The first-order valence-corrected chi connectivity index (χ1v) is 23.2. The van der Waals surface area contributed by atoms with Gasteiger partial charge in [0, 0.05) is 42.8 Å². The summed E-state index contributed by atoms with van der Waals surface area (Å²) in [5, 5.41) is 7.55. The number of thiophene rings is 1. The molecule has 1 nitrogen and oxygen atoms in total. The Morgan fingerprint density at radius 3 is 1.68 bits per heavy atom. The molecule has 1 aromatic heterocycles. The molecule has 0 fully saturated rings. The topological polar surface area (TPSA) is 3.24 Å². The zero-order valence-corrected chi connectivity index (χ0v) is 36.3. The third-order valence-corrected chi connectivity index (χ3v) is 15.0. The average Bonchev–Trinajstić information content (AvgIpc) is 3.91. The first-order chi connectivity index (χ1) is 32.2. The van der Waals surface area contributed by atoms with Gasteiger partial charge in [0.25, 0.3) is 0 Å². The summed E-state index contributed by atoms with van der Waals surface area (Å²) in [6, 6.07) is 92.1. The smallest absolute Gasteiger partial charge is 0.0714 e. The van der Waals surface area contributed by atoms with Gasteiger partial charge in [0.2, 0.25) is 0 Å². The van der Waals surface area contributed by atoms with E-state index in [9.17, 15) is 0 Å². The molecule has 0 N–H and O–H groups in total. The van der Waals surface area contributed by atoms with Gasteiger partial charge in [0.05, 0.1) is 5.41 Å². The minimum Gasteiger partial charge on any atom is -0.310 e. The third kappa shape index (κ3) is 5.85. The van der Waals surface area contributed by atoms with Crippen LogP contribution in [0.5, 0.6) is 0 Å². The van der Waals surface area contributed by atoms with Gasteiger partial charge in [-0.15, -0.1) is 11.3 Å². The van der Waals surface area contributed by atoms with E-state index >= 15 is 0 Å². The van der Waals surface area contributed by atoms with E-state index in [1.807, 2.05) is 11.3 Å². The molecule has 13 rings (SSSR count). The summed E-state index contributed by atoms with van der Waals surface area (Å²) in [5.41, 5.74) is 15.4. The Kier molecular flexibility index (Phi) is 8.69. The molecule has 0 atom stereocenters. The summed E-state index contributed by atoms with van der Waals surface area (Å²) < 4.78 is 2.64. The second kappa shape index (κ2) is 15.1. The summed E-state index contributed by atoms with van der Waals surface area (Å²) in [6.07, 6.45) is 0. The third-order valence-electron chi connectivity index (χ3n) is 13.7. The fourth-order valence-corrected chi connectivity index (χ4v) is 12.1. The fourth-order valence-electron chi connectivity index (χ4n) is 10.9. The van der Waals surface area contributed by atoms with Crippen molar-refractivity contribution in [2.24, 2.45) is 0 Å². The molecule has 304 valence electrons. The molecule has 0 aliphatic heterocycles. The molecule has 0 spiro atoms. The number of hydrogen-bond acceptors (Lipinski definition) is 2. The van der Waals surface area contributed by atoms with Gasteiger partial charge < -0.3 is 4.90 Å². The number of fused-ring (bicyclic) bond motifs is 8. The SMILES string of the molecule is c1ccc(C2(c3ccccc3)c3ccccc3-c3ccc(N(c4ccc(-c5ccc6ccccc6c5-c5cccc6c5sc5ccccc56)cc4)c4ccc5ccccc5c4)cc32)cc1. The average molecular weight is 844 g/mol. The van der Waals surface area contributed by atoms with Gasteiger partial charge in [0.15, 0.2) is 0 Å². The molecule has 0 radical (unpaired) electrons. The van der Waals surface area contributed by atoms with E-state index in [-0.39, 0.29) is 0 Å². The number of nitrogens with zero attached hydrogens (tertiary/aromatic N) is 1. The molecule has 12 aromatic rings. The van der Waals surface area contributed by atoms with Crippen LogP contribution < -0.4 is 4.90 Å². The lowest BCUT2D eigenvalue weighted by Gasteiger charge is -2.35. The highest BCUT2D eigenvalue weighted by atomic mass is 32.1. The van der Waals surface area contributed by atoms with E-state index in [1.165, 1.54) is 97.4 Å². The molecular weight excluding hydrogens is 803 g/mol. The van der Waals surface area contributed by atoms with Gasteiger partial charge in [-0.1, -0.05) is 206 Å². The van der Waals surface area contributed by atoms with Crippen LogP contribution in [0.2, 0.25) is 0 Å². The number of rotatable bonds is 7. The van der Waals surface area contributed by atoms with Crippen LogP contribution in [0.15, 0.2) is 249 Å². The lowest BCUT2D eigenvalue weighted by atomic mass is 9.67. The number of anilines is 3. The van der Waals surface area contributed by atoms with E-state index in [1.54, 1.807) is 0 Å². The molecule has 0 unspecified atom stereocenters. The van der Waals surface area contributed by atoms with Crippen LogP contribution in [0.3, 0.4) is 0 Å². The summed E-state index contributed by atoms with van der Waals surface area (Å²) >= 11 is 1.89. The van der Waals surface area contributed by atoms with E-state index in [0.717, 1.165) is 17.1 Å². The maximum atomic E-state index is 2.46. The predicted molar refractivity (Wildman–Crippen MR) is 277 cm³/mol. The molecule has 1 aliphatic rings. The highest BCUT2D eigenvalue weighted by Gasteiger charge is 2.46. The van der Waals surface area contributed by atoms with E-state index < -0.39 is 5.41 Å². The van der Waals surface area contributed by atoms with Crippen molar-refractivity contribution in [3.05, 3.63) is 271 Å². The minimum atomic E-state index is -0.507. The molecule has 11 aromatic carbocycles. The van der Waals surface area contributed by atoms with Crippen LogP contribution in [0, 0.1) is 0 Å². The Balaban J connectivity index is 1.01. The van der Waals surface area contributed by atoms with Crippen LogP contribution >= 0.6 is 11.3 Å². The Hall–Kier alpha value is -8.04. The van der Waals surface area contributed by atoms with Gasteiger partial charge in [-0.05, 0) is 114 Å². The van der Waals surface area contributed by atoms with Crippen molar-refractivity contribution in [3.63, 3.8) is 0 Å². The summed E-state index contributed by atoms with van der Waals surface area (Å²) in [4.78, 5) is 2.44. The zero-order valence-electron chi connectivity index (χ0n) is 35.5. The first-order valence-electron chi connectivity index (χ1n) is 22.4. The maximum absolute atomic E-state index is 2.46. The number of benzene rings is 11. The molecular formula is C63H41NS. The van der Waals surface area contributed by atoms with Crippen LogP contribution in [0.1, 0.15) is 22.3 Å². The first kappa shape index (κ1) is 37.5. The highest BCUT2D eigenvalue weighted by molar-refractivity contribution is 7.26. The largest absolute Gasteiger partial charge is 0.310 e. The Labute approximate surface area is 382 Å². The highest BCUT2D eigenvalue weighted by Crippen LogP contribution is 2.57. The minimum absolute atomic E-state index is 0.507. The van der Waals surface area contributed by atoms with E-state index in [4.69, 9.17) is 0 Å². The number of hydrogen-bond donors (Lipinski definition) is 0. The van der Waals surface area contributed by atoms with Gasteiger partial charge in [-0.3, -0.25) is 0 Å². The molecule has 1 heterocycles. The van der Waals surface area contributed by atoms with Crippen molar-refractivity contribution >= 4 is 70.1 Å². The maximum Gasteiger partial charge on any atom is 0.0714 e. The summed E-state index contributed by atoms with van der Waals surface area (Å²) in [5.74, 6) is 0. The van der Waals surface area contributed by atoms with E-state index in [2.05, 4.69) is 254 Å². The quantitative estimate of drug-likeness (QED) is 0.154. The van der Waals surface area contributed by atoms with Gasteiger partial charge in [0.1, 0.15) is 0 Å². The van der Waals surface area contributed by atoms with Crippen molar-refractivity contribution in [2.45, 2.75) is 5.41 Å². The van der Waals surface area contributed by atoms with Crippen molar-refractivity contribution < 1.29 is 0 Å². The molecule has 65 heavy (non-hydrogen) atoms. The molecule has 0 amide bonds. The van der Waals surface area contributed by atoms with Gasteiger partial charge in [-0.2, -0.15) is 0 Å². The lowest BCUT2D eigenvalue weighted by molar-refractivity contribution is 0.768. The van der Waals surface area contributed by atoms with Crippen molar-refractivity contribution in [2.75, 3.05) is 4.90 Å². The molecule has 0 bridgehead atoms. The normalized spacial score (nSPS) is 12.7. The lowest BCUT2D eigenvalue weighted by Crippen LogP contribution is -2.28. The van der Waals surface area contributed by atoms with Crippen molar-refractivity contribution in [1.82, 2.24) is 0 Å². The second-order valence-electron chi connectivity index (χ2n) is 17.2. The van der Waals surface area contributed by atoms with Crippen LogP contribution in [0.25, 0.3) is 75.1 Å². The van der Waals surface area contributed by atoms with Gasteiger partial charge in [-0.25, -0.2) is 0 Å². The fraction of sp³-hybridized carbons (Fsp3) is 0.0159. The standard InChI is InChI=1S/C63H41NS/c1-3-19-46(20-4-1)63(47-21-5-2-6-22-47)58-28-13-11-24-53(58)54-39-37-50(41-59(54)63)64(49-36-30-42-16-7-8-18-45(42)40-49)48-34-31-44(32-35-48)52-38-33-43-17-9-10-23-51(43)61(52)57-27-15-26-56-55-25-12-14-29-60(55)65-62(56)57/h1-41H. The zero-order chi connectivity index (χ0) is 42.9. The van der Waals surface area contributed by atoms with Crippen LogP contribution in [-0.4, -0.2) is 0 Å². The van der Waals surface area contributed by atoms with Crippen molar-refractivity contribution in [1.29, 1.82) is 0 Å². The Bertz CT molecular complexity index is 3730. The second-order valence-corrected chi connectivity index (χ2v) is 18.2. The van der Waals surface area contributed by atoms with E-state index in [0.29, 0.717) is 0 Å². The van der Waals surface area contributed by atoms with Crippen LogP contribution in [-0.2, 0) is 5.41 Å². The van der Waals surface area contributed by atoms with Crippen molar-refractivity contribution in [3.8, 4) is 33.4 Å².